The monoisotopic (exact) mass is 413 g/mol. The molecule has 1 N–H and O–H groups in total. The van der Waals surface area contributed by atoms with E-state index in [2.05, 4.69) is 26.1 Å². The van der Waals surface area contributed by atoms with Gasteiger partial charge in [-0.05, 0) is 61.3 Å². The molecular formula is C23H31N3O2S. The number of aromatic nitrogens is 2. The Morgan fingerprint density at radius 1 is 1.24 bits per heavy atom. The summed E-state index contributed by atoms with van der Waals surface area (Å²) >= 11 is 1.39. The maximum atomic E-state index is 13.3. The van der Waals surface area contributed by atoms with Gasteiger partial charge in [0, 0.05) is 19.0 Å². The predicted octanol–water partition coefficient (Wildman–Crippen LogP) is 4.44. The van der Waals surface area contributed by atoms with E-state index < -0.39 is 0 Å². The highest BCUT2D eigenvalue weighted by molar-refractivity contribution is 7.20. The van der Waals surface area contributed by atoms with Crippen molar-refractivity contribution in [2.45, 2.75) is 85.2 Å². The van der Waals surface area contributed by atoms with E-state index >= 15 is 0 Å². The molecule has 2 aliphatic carbocycles. The number of rotatable bonds is 2. The summed E-state index contributed by atoms with van der Waals surface area (Å²) in [6.07, 6.45) is 7.59. The zero-order valence-electron chi connectivity index (χ0n) is 17.9. The smallest absolute Gasteiger partial charge is 0.262 e. The number of nitrogens with zero attached hydrogens (tertiary/aromatic N) is 2. The Morgan fingerprint density at radius 2 is 2.03 bits per heavy atom. The average Bonchev–Trinajstić information content (AvgIpc) is 3.06. The fraction of sp³-hybridized carbons (Fsp3) is 0.696. The lowest BCUT2D eigenvalue weighted by atomic mass is 9.69. The molecule has 0 spiro atoms. The van der Waals surface area contributed by atoms with Crippen molar-refractivity contribution in [2.24, 2.45) is 16.7 Å². The average molecular weight is 414 g/mol. The molecule has 2 fully saturated rings. The molecule has 2 bridgehead atoms. The molecule has 0 aromatic carbocycles. The molecule has 0 saturated heterocycles. The van der Waals surface area contributed by atoms with Crippen LogP contribution in [0.3, 0.4) is 0 Å². The molecule has 2 aromatic heterocycles. The van der Waals surface area contributed by atoms with E-state index in [1.165, 1.54) is 24.2 Å². The van der Waals surface area contributed by atoms with Crippen LogP contribution in [-0.2, 0) is 13.0 Å². The number of carbonyl (C=O) groups is 1. The van der Waals surface area contributed by atoms with Gasteiger partial charge in [0.1, 0.15) is 10.7 Å². The summed E-state index contributed by atoms with van der Waals surface area (Å²) in [5.74, 6) is 1.54. The number of thiophene rings is 1. The molecular weight excluding hydrogens is 382 g/mol. The van der Waals surface area contributed by atoms with Crippen LogP contribution in [0, 0.1) is 23.7 Å². The number of amides is 1. The topological polar surface area (TPSA) is 64.0 Å². The number of hydrogen-bond donors (Lipinski definition) is 1. The van der Waals surface area contributed by atoms with E-state index in [1.54, 1.807) is 0 Å². The largest absolute Gasteiger partial charge is 0.348 e. The molecule has 2 aromatic rings. The van der Waals surface area contributed by atoms with Crippen LogP contribution in [0.1, 0.15) is 80.4 Å². The highest BCUT2D eigenvalue weighted by Crippen LogP contribution is 2.65. The lowest BCUT2D eigenvalue weighted by molar-refractivity contribution is 0.0829. The fourth-order valence-electron chi connectivity index (χ4n) is 6.27. The highest BCUT2D eigenvalue weighted by atomic mass is 32.1. The van der Waals surface area contributed by atoms with Crippen molar-refractivity contribution in [3.63, 3.8) is 0 Å². The Hall–Kier alpha value is -1.69. The second-order valence-electron chi connectivity index (χ2n) is 10.2. The van der Waals surface area contributed by atoms with Gasteiger partial charge in [-0.1, -0.05) is 27.2 Å². The molecule has 1 aliphatic heterocycles. The molecule has 29 heavy (non-hydrogen) atoms. The standard InChI is InChI=1S/C23H31N3O2S/c1-13-17-20(25-16-8-6-5-7-11-26(16)21(17)28)29-18(13)19(27)24-15-12-14-9-10-23(15,4)22(14,2)3/h14-15H,5-12H2,1-4H3,(H,24,27). The summed E-state index contributed by atoms with van der Waals surface area (Å²) in [7, 11) is 0. The van der Waals surface area contributed by atoms with Gasteiger partial charge in [0.2, 0.25) is 0 Å². The first kappa shape index (κ1) is 19.3. The summed E-state index contributed by atoms with van der Waals surface area (Å²) in [6.45, 7) is 9.71. The molecule has 3 aliphatic rings. The summed E-state index contributed by atoms with van der Waals surface area (Å²) in [5, 5.41) is 4.00. The Bertz CT molecular complexity index is 1070. The van der Waals surface area contributed by atoms with Crippen LogP contribution in [0.15, 0.2) is 4.79 Å². The van der Waals surface area contributed by atoms with Crippen LogP contribution in [0.5, 0.6) is 0 Å². The molecule has 6 heteroatoms. The van der Waals surface area contributed by atoms with Gasteiger partial charge in [-0.25, -0.2) is 4.98 Å². The van der Waals surface area contributed by atoms with Gasteiger partial charge in [0.05, 0.1) is 10.3 Å². The molecule has 3 heterocycles. The molecule has 156 valence electrons. The Kier molecular flexibility index (Phi) is 4.26. The van der Waals surface area contributed by atoms with Crippen molar-refractivity contribution in [1.82, 2.24) is 14.9 Å². The van der Waals surface area contributed by atoms with Crippen molar-refractivity contribution in [3.05, 3.63) is 26.6 Å². The third-order valence-electron chi connectivity index (χ3n) is 8.72. The molecule has 3 unspecified atom stereocenters. The van der Waals surface area contributed by atoms with E-state index in [1.807, 2.05) is 11.5 Å². The molecule has 5 nitrogen and oxygen atoms in total. The zero-order chi connectivity index (χ0) is 20.6. The second-order valence-corrected chi connectivity index (χ2v) is 11.2. The minimum atomic E-state index is -0.0281. The van der Waals surface area contributed by atoms with Crippen LogP contribution < -0.4 is 10.9 Å². The van der Waals surface area contributed by atoms with Gasteiger partial charge < -0.3 is 5.32 Å². The van der Waals surface area contributed by atoms with Gasteiger partial charge >= 0.3 is 0 Å². The SMILES string of the molecule is Cc1c(C(=O)NC2CC3CCC2(C)C3(C)C)sc2nc3n(c(=O)c12)CCCCC3. The number of aryl methyl sites for hydroxylation is 2. The van der Waals surface area contributed by atoms with Crippen LogP contribution in [0.25, 0.3) is 10.2 Å². The first-order chi connectivity index (χ1) is 13.7. The number of hydrogen-bond acceptors (Lipinski definition) is 4. The van der Waals surface area contributed by atoms with E-state index in [-0.39, 0.29) is 28.3 Å². The second kappa shape index (κ2) is 6.40. The van der Waals surface area contributed by atoms with Gasteiger partial charge in [-0.3, -0.25) is 14.2 Å². The van der Waals surface area contributed by atoms with E-state index in [0.29, 0.717) is 16.2 Å². The van der Waals surface area contributed by atoms with Crippen LogP contribution >= 0.6 is 11.3 Å². The number of fused-ring (bicyclic) bond motifs is 4. The Labute approximate surface area is 175 Å². The fourth-order valence-corrected chi connectivity index (χ4v) is 7.37. The lowest BCUT2D eigenvalue weighted by Gasteiger charge is -2.39. The maximum Gasteiger partial charge on any atom is 0.262 e. The summed E-state index contributed by atoms with van der Waals surface area (Å²) in [6, 6.07) is 0.208. The predicted molar refractivity (Wildman–Crippen MR) is 117 cm³/mol. The van der Waals surface area contributed by atoms with E-state index in [9.17, 15) is 9.59 Å². The lowest BCUT2D eigenvalue weighted by Crippen LogP contribution is -2.46. The van der Waals surface area contributed by atoms with Crippen molar-refractivity contribution in [1.29, 1.82) is 0 Å². The molecule has 3 atom stereocenters. The van der Waals surface area contributed by atoms with Gasteiger partial charge in [0.15, 0.2) is 0 Å². The van der Waals surface area contributed by atoms with Gasteiger partial charge in [0.25, 0.3) is 11.5 Å². The van der Waals surface area contributed by atoms with Crippen LogP contribution in [0.4, 0.5) is 0 Å². The van der Waals surface area contributed by atoms with Crippen molar-refractivity contribution >= 4 is 27.5 Å². The van der Waals surface area contributed by atoms with Crippen molar-refractivity contribution < 1.29 is 4.79 Å². The summed E-state index contributed by atoms with van der Waals surface area (Å²) < 4.78 is 1.84. The Balaban J connectivity index is 1.50. The maximum absolute atomic E-state index is 13.3. The van der Waals surface area contributed by atoms with E-state index in [0.717, 1.165) is 54.9 Å². The van der Waals surface area contributed by atoms with Gasteiger partial charge in [-0.2, -0.15) is 0 Å². The van der Waals surface area contributed by atoms with Gasteiger partial charge in [-0.15, -0.1) is 11.3 Å². The van der Waals surface area contributed by atoms with Crippen LogP contribution in [-0.4, -0.2) is 21.5 Å². The molecule has 2 saturated carbocycles. The summed E-state index contributed by atoms with van der Waals surface area (Å²) in [5.41, 5.74) is 1.24. The number of carbonyl (C=O) groups excluding carboxylic acids is 1. The first-order valence-electron chi connectivity index (χ1n) is 11.1. The van der Waals surface area contributed by atoms with E-state index in [4.69, 9.17) is 4.98 Å². The minimum Gasteiger partial charge on any atom is -0.348 e. The van der Waals surface area contributed by atoms with Crippen LogP contribution in [0.2, 0.25) is 0 Å². The third-order valence-corrected chi connectivity index (χ3v) is 9.90. The molecule has 1 amide bonds. The van der Waals surface area contributed by atoms with Crippen molar-refractivity contribution in [2.75, 3.05) is 0 Å². The Morgan fingerprint density at radius 3 is 2.72 bits per heavy atom. The minimum absolute atomic E-state index is 0.0281. The van der Waals surface area contributed by atoms with Crippen molar-refractivity contribution in [3.8, 4) is 0 Å². The summed E-state index contributed by atoms with van der Waals surface area (Å²) in [4.78, 5) is 32.6. The molecule has 5 rings (SSSR count). The third kappa shape index (κ3) is 2.60. The quantitative estimate of drug-likeness (QED) is 0.792. The molecule has 0 radical (unpaired) electrons. The number of nitrogens with one attached hydrogen (secondary N) is 1. The normalized spacial score (nSPS) is 30.3. The highest BCUT2D eigenvalue weighted by Gasteiger charge is 2.61. The zero-order valence-corrected chi connectivity index (χ0v) is 18.7. The first-order valence-corrected chi connectivity index (χ1v) is 11.9.